The van der Waals surface area contributed by atoms with Gasteiger partial charge in [0.2, 0.25) is 10.0 Å². The SMILES string of the molecule is Cc1c(F)ccc(N2CCN(Cc3cc(F)c(C(=O)NS(=O)(=O)C4CC4)cc3Cl)CC2)c1Cl. The molecule has 0 atom stereocenters. The maximum absolute atomic E-state index is 14.6. The van der Waals surface area contributed by atoms with Crippen molar-refractivity contribution in [3.05, 3.63) is 62.6 Å². The zero-order valence-electron chi connectivity index (χ0n) is 17.9. The Morgan fingerprint density at radius 1 is 1.09 bits per heavy atom. The highest BCUT2D eigenvalue weighted by Gasteiger charge is 2.37. The van der Waals surface area contributed by atoms with Gasteiger partial charge in [0, 0.05) is 43.3 Å². The van der Waals surface area contributed by atoms with Crippen molar-refractivity contribution in [1.82, 2.24) is 9.62 Å². The Bertz CT molecular complexity index is 1200. The Morgan fingerprint density at radius 2 is 1.76 bits per heavy atom. The van der Waals surface area contributed by atoms with E-state index in [0.29, 0.717) is 61.7 Å². The van der Waals surface area contributed by atoms with Crippen LogP contribution >= 0.6 is 23.2 Å². The van der Waals surface area contributed by atoms with E-state index >= 15 is 0 Å². The number of hydrogen-bond donors (Lipinski definition) is 1. The summed E-state index contributed by atoms with van der Waals surface area (Å²) in [7, 11) is -3.79. The molecule has 1 heterocycles. The Kier molecular flexibility index (Phi) is 6.87. The van der Waals surface area contributed by atoms with Gasteiger partial charge in [-0.15, -0.1) is 0 Å². The second-order valence-corrected chi connectivity index (χ2v) is 11.1. The van der Waals surface area contributed by atoms with Crippen LogP contribution in [-0.2, 0) is 16.6 Å². The lowest BCUT2D eigenvalue weighted by Gasteiger charge is -2.36. The Labute approximate surface area is 201 Å². The lowest BCUT2D eigenvalue weighted by atomic mass is 10.1. The van der Waals surface area contributed by atoms with Crippen molar-refractivity contribution in [3.8, 4) is 0 Å². The van der Waals surface area contributed by atoms with Crippen molar-refractivity contribution < 1.29 is 22.0 Å². The summed E-state index contributed by atoms with van der Waals surface area (Å²) in [4.78, 5) is 16.4. The van der Waals surface area contributed by atoms with Crippen LogP contribution in [0.2, 0.25) is 10.0 Å². The van der Waals surface area contributed by atoms with E-state index in [0.717, 1.165) is 5.69 Å². The third-order valence-corrected chi connectivity index (χ3v) is 8.63. The molecule has 0 bridgehead atoms. The molecule has 33 heavy (non-hydrogen) atoms. The number of carbonyl (C=O) groups excluding carboxylic acids is 1. The maximum Gasteiger partial charge on any atom is 0.267 e. The van der Waals surface area contributed by atoms with Gasteiger partial charge in [-0.1, -0.05) is 23.2 Å². The van der Waals surface area contributed by atoms with Crippen molar-refractivity contribution in [1.29, 1.82) is 0 Å². The number of benzene rings is 2. The molecule has 1 saturated heterocycles. The highest BCUT2D eigenvalue weighted by atomic mass is 35.5. The van der Waals surface area contributed by atoms with Crippen molar-refractivity contribution in [2.45, 2.75) is 31.6 Å². The predicted octanol–water partition coefficient (Wildman–Crippen LogP) is 4.12. The summed E-state index contributed by atoms with van der Waals surface area (Å²) < 4.78 is 54.2. The molecular weight excluding hydrogens is 495 g/mol. The van der Waals surface area contributed by atoms with Gasteiger partial charge in [-0.3, -0.25) is 9.69 Å². The van der Waals surface area contributed by atoms with E-state index in [2.05, 4.69) is 9.80 Å². The molecule has 2 aliphatic rings. The highest BCUT2D eigenvalue weighted by Crippen LogP contribution is 2.32. The molecule has 0 radical (unpaired) electrons. The van der Waals surface area contributed by atoms with Gasteiger partial charge in [-0.05, 0) is 49.6 Å². The van der Waals surface area contributed by atoms with Crippen LogP contribution < -0.4 is 9.62 Å². The minimum atomic E-state index is -3.79. The van der Waals surface area contributed by atoms with Crippen molar-refractivity contribution >= 4 is 44.8 Å². The topological polar surface area (TPSA) is 69.7 Å². The first kappa shape index (κ1) is 24.2. The maximum atomic E-state index is 14.6. The van der Waals surface area contributed by atoms with E-state index < -0.39 is 32.6 Å². The Hall–Kier alpha value is -1.94. The number of halogens is 4. The summed E-state index contributed by atoms with van der Waals surface area (Å²) in [6.07, 6.45) is 0.982. The third kappa shape index (κ3) is 5.26. The lowest BCUT2D eigenvalue weighted by molar-refractivity contribution is 0.0977. The van der Waals surface area contributed by atoms with Crippen LogP contribution in [0.4, 0.5) is 14.5 Å². The Balaban J connectivity index is 1.40. The van der Waals surface area contributed by atoms with E-state index in [1.54, 1.807) is 13.0 Å². The van der Waals surface area contributed by atoms with Gasteiger partial charge in [0.25, 0.3) is 5.91 Å². The third-order valence-electron chi connectivity index (χ3n) is 5.99. The summed E-state index contributed by atoms with van der Waals surface area (Å²) in [6.45, 7) is 4.58. The molecule has 1 aliphatic heterocycles. The average molecular weight is 518 g/mol. The smallest absolute Gasteiger partial charge is 0.267 e. The molecule has 2 aromatic carbocycles. The number of piperazine rings is 1. The second-order valence-electron chi connectivity index (χ2n) is 8.37. The van der Waals surface area contributed by atoms with E-state index in [-0.39, 0.29) is 10.8 Å². The molecule has 1 saturated carbocycles. The largest absolute Gasteiger partial charge is 0.368 e. The fourth-order valence-electron chi connectivity index (χ4n) is 3.81. The molecule has 6 nitrogen and oxygen atoms in total. The average Bonchev–Trinajstić information content (AvgIpc) is 3.61. The number of nitrogens with zero attached hydrogens (tertiary/aromatic N) is 2. The minimum Gasteiger partial charge on any atom is -0.368 e. The standard InChI is InChI=1S/C22H23Cl2F2N3O3S/c1-13-18(25)4-5-20(21(13)24)29-8-6-28(7-9-29)12-14-10-19(26)16(11-17(14)23)22(30)27-33(31,32)15-2-3-15/h4-5,10-11,15H,2-3,6-9,12H2,1H3,(H,27,30). The molecule has 2 fully saturated rings. The number of hydrogen-bond acceptors (Lipinski definition) is 5. The van der Waals surface area contributed by atoms with Crippen molar-refractivity contribution in [2.24, 2.45) is 0 Å². The monoisotopic (exact) mass is 517 g/mol. The first-order valence-corrected chi connectivity index (χ1v) is 12.8. The van der Waals surface area contributed by atoms with Crippen LogP contribution in [0.15, 0.2) is 24.3 Å². The molecule has 0 aromatic heterocycles. The molecule has 1 N–H and O–H groups in total. The van der Waals surface area contributed by atoms with Gasteiger partial charge in [-0.2, -0.15) is 0 Å². The molecule has 11 heteroatoms. The summed E-state index contributed by atoms with van der Waals surface area (Å²) in [6, 6.07) is 5.41. The van der Waals surface area contributed by atoms with Gasteiger partial charge in [0.1, 0.15) is 11.6 Å². The number of rotatable bonds is 6. The first-order valence-electron chi connectivity index (χ1n) is 10.5. The lowest BCUT2D eigenvalue weighted by Crippen LogP contribution is -2.46. The summed E-state index contributed by atoms with van der Waals surface area (Å²) in [5, 5.41) is -0.0113. The normalized spacial score (nSPS) is 17.3. The van der Waals surface area contributed by atoms with Crippen molar-refractivity contribution in [3.63, 3.8) is 0 Å². The Morgan fingerprint density at radius 3 is 2.39 bits per heavy atom. The summed E-state index contributed by atoms with van der Waals surface area (Å²) in [5.41, 5.74) is 1.28. The number of amides is 1. The van der Waals surface area contributed by atoms with Gasteiger partial charge >= 0.3 is 0 Å². The van der Waals surface area contributed by atoms with Gasteiger partial charge in [0.05, 0.1) is 21.5 Å². The molecule has 0 spiro atoms. The number of carbonyl (C=O) groups is 1. The number of nitrogens with one attached hydrogen (secondary N) is 1. The van der Waals surface area contributed by atoms with E-state index in [1.165, 1.54) is 18.2 Å². The zero-order chi connectivity index (χ0) is 23.9. The number of sulfonamides is 1. The van der Waals surface area contributed by atoms with Gasteiger partial charge < -0.3 is 4.90 Å². The first-order chi connectivity index (χ1) is 15.6. The van der Waals surface area contributed by atoms with E-state index in [1.807, 2.05) is 4.72 Å². The molecule has 178 valence electrons. The van der Waals surface area contributed by atoms with Gasteiger partial charge in [0.15, 0.2) is 0 Å². The van der Waals surface area contributed by atoms with Gasteiger partial charge in [-0.25, -0.2) is 21.9 Å². The van der Waals surface area contributed by atoms with Crippen LogP contribution in [0.1, 0.15) is 34.3 Å². The fraction of sp³-hybridized carbons (Fsp3) is 0.409. The molecule has 2 aromatic rings. The fourth-order valence-corrected chi connectivity index (χ4v) is 5.60. The quantitative estimate of drug-likeness (QED) is 0.623. The molecule has 0 unspecified atom stereocenters. The highest BCUT2D eigenvalue weighted by molar-refractivity contribution is 7.91. The van der Waals surface area contributed by atoms with Crippen LogP contribution in [0.5, 0.6) is 0 Å². The molecule has 4 rings (SSSR count). The summed E-state index contributed by atoms with van der Waals surface area (Å²) >= 11 is 12.6. The number of anilines is 1. The van der Waals surface area contributed by atoms with Crippen LogP contribution in [0.3, 0.4) is 0 Å². The molecule has 1 amide bonds. The van der Waals surface area contributed by atoms with Crippen LogP contribution in [0, 0.1) is 18.6 Å². The molecule has 1 aliphatic carbocycles. The van der Waals surface area contributed by atoms with Crippen LogP contribution in [-0.4, -0.2) is 50.7 Å². The summed E-state index contributed by atoms with van der Waals surface area (Å²) in [5.74, 6) is -2.20. The van der Waals surface area contributed by atoms with E-state index in [4.69, 9.17) is 23.2 Å². The predicted molar refractivity (Wildman–Crippen MR) is 124 cm³/mol. The van der Waals surface area contributed by atoms with E-state index in [9.17, 15) is 22.0 Å². The minimum absolute atomic E-state index is 0.185. The van der Waals surface area contributed by atoms with Crippen LogP contribution in [0.25, 0.3) is 0 Å². The van der Waals surface area contributed by atoms with Crippen molar-refractivity contribution in [2.75, 3.05) is 31.1 Å². The second kappa shape index (κ2) is 9.37. The molecular formula is C22H23Cl2F2N3O3S. The zero-order valence-corrected chi connectivity index (χ0v) is 20.2.